The van der Waals surface area contributed by atoms with E-state index < -0.39 is 0 Å². The zero-order valence-corrected chi connectivity index (χ0v) is 11.0. The van der Waals surface area contributed by atoms with Crippen molar-refractivity contribution in [1.82, 2.24) is 15.2 Å². The van der Waals surface area contributed by atoms with Gasteiger partial charge in [0.15, 0.2) is 5.65 Å². The van der Waals surface area contributed by atoms with Crippen molar-refractivity contribution in [3.63, 3.8) is 0 Å². The fourth-order valence-electron chi connectivity index (χ4n) is 3.15. The Hall–Kier alpha value is -2.20. The van der Waals surface area contributed by atoms with E-state index in [-0.39, 0.29) is 12.5 Å². The smallest absolute Gasteiger partial charge is 0.155 e. The first-order valence-corrected chi connectivity index (χ1v) is 6.89. The van der Waals surface area contributed by atoms with Gasteiger partial charge in [0.25, 0.3) is 0 Å². The second-order valence-electron chi connectivity index (χ2n) is 5.32. The summed E-state index contributed by atoms with van der Waals surface area (Å²) in [7, 11) is 0. The van der Waals surface area contributed by atoms with E-state index in [4.69, 9.17) is 0 Å². The molecule has 2 aromatic heterocycles. The summed E-state index contributed by atoms with van der Waals surface area (Å²) in [5.74, 6) is 0.284. The van der Waals surface area contributed by atoms with Crippen molar-refractivity contribution in [3.8, 4) is 11.1 Å². The number of H-pyrrole nitrogens is 1. The average Bonchev–Trinajstić information content (AvgIpc) is 3.12. The van der Waals surface area contributed by atoms with Crippen LogP contribution in [0.4, 0.5) is 0 Å². The number of aromatic amines is 1. The highest BCUT2D eigenvalue weighted by atomic mass is 16.3. The van der Waals surface area contributed by atoms with E-state index in [0.29, 0.717) is 0 Å². The van der Waals surface area contributed by atoms with Crippen molar-refractivity contribution >= 4 is 11.0 Å². The molecule has 1 aliphatic rings. The summed E-state index contributed by atoms with van der Waals surface area (Å²) in [5, 5.41) is 17.5. The number of aliphatic hydroxyl groups excluding tert-OH is 1. The van der Waals surface area contributed by atoms with Crippen LogP contribution in [0.5, 0.6) is 0 Å². The van der Waals surface area contributed by atoms with Crippen molar-refractivity contribution in [2.75, 3.05) is 6.61 Å². The van der Waals surface area contributed by atoms with Crippen LogP contribution >= 0.6 is 0 Å². The van der Waals surface area contributed by atoms with Crippen LogP contribution < -0.4 is 0 Å². The first-order valence-electron chi connectivity index (χ1n) is 6.89. The minimum Gasteiger partial charge on any atom is -0.396 e. The Morgan fingerprint density at radius 3 is 3.15 bits per heavy atom. The van der Waals surface area contributed by atoms with Gasteiger partial charge in [0.2, 0.25) is 0 Å². The van der Waals surface area contributed by atoms with E-state index in [1.165, 1.54) is 11.1 Å². The molecular weight excluding hydrogens is 250 g/mol. The predicted octanol–water partition coefficient (Wildman–Crippen LogP) is 2.65. The highest BCUT2D eigenvalue weighted by molar-refractivity contribution is 5.92. The molecule has 0 saturated carbocycles. The number of hydrogen-bond acceptors (Lipinski definition) is 3. The summed E-state index contributed by atoms with van der Waals surface area (Å²) in [4.78, 5) is 4.27. The fourth-order valence-corrected chi connectivity index (χ4v) is 3.15. The molecule has 4 rings (SSSR count). The largest absolute Gasteiger partial charge is 0.396 e. The maximum atomic E-state index is 9.49. The van der Waals surface area contributed by atoms with Crippen molar-refractivity contribution < 1.29 is 5.11 Å². The molecular formula is C16H15N3O. The standard InChI is InChI=1S/C16H15N3O/c20-9-12-4-2-10-1-3-11(7-14(10)12)13-5-6-17-16-15(13)8-18-19-16/h1,3,5-8,12,20H,2,4,9H2,(H,17,18,19). The summed E-state index contributed by atoms with van der Waals surface area (Å²) in [5.41, 5.74) is 5.76. The highest BCUT2D eigenvalue weighted by Gasteiger charge is 2.22. The van der Waals surface area contributed by atoms with Crippen molar-refractivity contribution in [3.05, 3.63) is 47.8 Å². The van der Waals surface area contributed by atoms with Crippen LogP contribution in [0.3, 0.4) is 0 Å². The number of aliphatic hydroxyl groups is 1. The van der Waals surface area contributed by atoms with Gasteiger partial charge < -0.3 is 5.11 Å². The number of pyridine rings is 1. The molecule has 0 spiro atoms. The first-order chi connectivity index (χ1) is 9.86. The predicted molar refractivity (Wildman–Crippen MR) is 77.5 cm³/mol. The molecule has 1 atom stereocenters. The van der Waals surface area contributed by atoms with Gasteiger partial charge in [-0.1, -0.05) is 18.2 Å². The fraction of sp³-hybridized carbons (Fsp3) is 0.250. The molecule has 0 aliphatic heterocycles. The SMILES string of the molecule is OCC1CCc2ccc(-c3ccnc4[nH]ncc34)cc21. The molecule has 0 amide bonds. The summed E-state index contributed by atoms with van der Waals surface area (Å²) >= 11 is 0. The van der Waals surface area contributed by atoms with Gasteiger partial charge in [-0.3, -0.25) is 5.10 Å². The minimum absolute atomic E-state index is 0.230. The third kappa shape index (κ3) is 1.65. The van der Waals surface area contributed by atoms with Crippen LogP contribution in [-0.2, 0) is 6.42 Å². The molecule has 0 bridgehead atoms. The van der Waals surface area contributed by atoms with Gasteiger partial charge in [-0.05, 0) is 41.2 Å². The second kappa shape index (κ2) is 4.42. The van der Waals surface area contributed by atoms with Crippen LogP contribution in [0.1, 0.15) is 23.5 Å². The van der Waals surface area contributed by atoms with Gasteiger partial charge in [-0.2, -0.15) is 5.10 Å². The molecule has 100 valence electrons. The normalized spacial score (nSPS) is 17.6. The molecule has 1 aliphatic carbocycles. The lowest BCUT2D eigenvalue weighted by Gasteiger charge is -2.10. The van der Waals surface area contributed by atoms with Crippen molar-refractivity contribution in [1.29, 1.82) is 0 Å². The van der Waals surface area contributed by atoms with Crippen molar-refractivity contribution in [2.24, 2.45) is 0 Å². The maximum absolute atomic E-state index is 9.49. The number of rotatable bonds is 2. The molecule has 4 heteroatoms. The Morgan fingerprint density at radius 1 is 1.30 bits per heavy atom. The van der Waals surface area contributed by atoms with E-state index in [9.17, 15) is 5.11 Å². The van der Waals surface area contributed by atoms with Gasteiger partial charge in [0.05, 0.1) is 6.20 Å². The molecule has 0 saturated heterocycles. The Balaban J connectivity index is 1.89. The summed E-state index contributed by atoms with van der Waals surface area (Å²) < 4.78 is 0. The highest BCUT2D eigenvalue weighted by Crippen LogP contribution is 2.36. The zero-order chi connectivity index (χ0) is 13.5. The third-order valence-electron chi connectivity index (χ3n) is 4.23. The van der Waals surface area contributed by atoms with Crippen LogP contribution in [0.25, 0.3) is 22.2 Å². The minimum atomic E-state index is 0.230. The first kappa shape index (κ1) is 11.6. The van der Waals surface area contributed by atoms with Gasteiger partial charge in [0, 0.05) is 24.1 Å². The van der Waals surface area contributed by atoms with Gasteiger partial charge in [0.1, 0.15) is 0 Å². The Labute approximate surface area is 116 Å². The van der Waals surface area contributed by atoms with E-state index in [0.717, 1.165) is 35.0 Å². The Morgan fingerprint density at radius 2 is 2.25 bits per heavy atom. The number of hydrogen-bond donors (Lipinski definition) is 2. The molecule has 3 aromatic rings. The van der Waals surface area contributed by atoms with Gasteiger partial charge in [-0.15, -0.1) is 0 Å². The van der Waals surface area contributed by atoms with E-state index in [1.807, 2.05) is 12.3 Å². The molecule has 1 unspecified atom stereocenters. The number of nitrogens with zero attached hydrogens (tertiary/aromatic N) is 2. The van der Waals surface area contributed by atoms with Crippen LogP contribution in [0.2, 0.25) is 0 Å². The maximum Gasteiger partial charge on any atom is 0.155 e. The van der Waals surface area contributed by atoms with Gasteiger partial charge >= 0.3 is 0 Å². The number of nitrogens with one attached hydrogen (secondary N) is 1. The second-order valence-corrected chi connectivity index (χ2v) is 5.32. The lowest BCUT2D eigenvalue weighted by Crippen LogP contribution is -1.99. The van der Waals surface area contributed by atoms with Crippen molar-refractivity contribution in [2.45, 2.75) is 18.8 Å². The zero-order valence-electron chi connectivity index (χ0n) is 11.0. The van der Waals surface area contributed by atoms with Crippen LogP contribution in [-0.4, -0.2) is 26.9 Å². The van der Waals surface area contributed by atoms with E-state index in [2.05, 4.69) is 33.4 Å². The summed E-state index contributed by atoms with van der Waals surface area (Å²) in [6.07, 6.45) is 5.73. The number of aryl methyl sites for hydroxylation is 1. The summed E-state index contributed by atoms with van der Waals surface area (Å²) in [6, 6.07) is 8.57. The molecule has 1 aromatic carbocycles. The lowest BCUT2D eigenvalue weighted by molar-refractivity contribution is 0.265. The molecule has 4 nitrogen and oxygen atoms in total. The quantitative estimate of drug-likeness (QED) is 0.748. The monoisotopic (exact) mass is 265 g/mol. The number of benzene rings is 1. The Bertz CT molecular complexity index is 778. The van der Waals surface area contributed by atoms with Crippen LogP contribution in [0.15, 0.2) is 36.7 Å². The third-order valence-corrected chi connectivity index (χ3v) is 4.23. The molecule has 0 fully saturated rings. The molecule has 2 N–H and O–H groups in total. The summed E-state index contributed by atoms with van der Waals surface area (Å²) in [6.45, 7) is 0.230. The topological polar surface area (TPSA) is 61.8 Å². The van der Waals surface area contributed by atoms with Crippen LogP contribution in [0, 0.1) is 0 Å². The van der Waals surface area contributed by atoms with E-state index in [1.54, 1.807) is 6.20 Å². The van der Waals surface area contributed by atoms with E-state index >= 15 is 0 Å². The lowest BCUT2D eigenvalue weighted by atomic mass is 9.96. The molecule has 0 radical (unpaired) electrons. The van der Waals surface area contributed by atoms with Gasteiger partial charge in [-0.25, -0.2) is 4.98 Å². The number of fused-ring (bicyclic) bond motifs is 2. The average molecular weight is 265 g/mol. The molecule has 20 heavy (non-hydrogen) atoms. The Kier molecular flexibility index (Phi) is 2.57. The number of aromatic nitrogens is 3. The molecule has 2 heterocycles.